The summed E-state index contributed by atoms with van der Waals surface area (Å²) in [7, 11) is 0. The Kier molecular flexibility index (Phi) is 7.83. The van der Waals surface area contributed by atoms with Crippen LogP contribution in [0.5, 0.6) is 0 Å². The van der Waals surface area contributed by atoms with Gasteiger partial charge in [-0.3, -0.25) is 9.69 Å². The van der Waals surface area contributed by atoms with Crippen LogP contribution in [0.25, 0.3) is 0 Å². The number of carbonyl (C=O) groups is 1. The van der Waals surface area contributed by atoms with E-state index in [4.69, 9.17) is 0 Å². The Morgan fingerprint density at radius 2 is 1.68 bits per heavy atom. The first-order chi connectivity index (χ1) is 15.1. The van der Waals surface area contributed by atoms with Gasteiger partial charge in [-0.2, -0.15) is 0 Å². The number of piperazine rings is 1. The Balaban J connectivity index is 1.22. The summed E-state index contributed by atoms with van der Waals surface area (Å²) in [5, 5.41) is 0. The summed E-state index contributed by atoms with van der Waals surface area (Å²) in [6.07, 6.45) is 6.62. The molecule has 0 aliphatic carbocycles. The number of nitrogens with zero attached hydrogens (tertiary/aromatic N) is 4. The molecule has 31 heavy (non-hydrogen) atoms. The molecule has 3 aliphatic rings. The number of halogens is 1. The van der Waals surface area contributed by atoms with Crippen molar-refractivity contribution in [3.63, 3.8) is 0 Å². The molecule has 172 valence electrons. The van der Waals surface area contributed by atoms with Crippen LogP contribution in [0.15, 0.2) is 24.3 Å². The molecule has 0 saturated carbocycles. The summed E-state index contributed by atoms with van der Waals surface area (Å²) in [4.78, 5) is 22.6. The Morgan fingerprint density at radius 1 is 0.968 bits per heavy atom. The molecule has 0 unspecified atom stereocenters. The van der Waals surface area contributed by atoms with Crippen LogP contribution in [0.2, 0.25) is 0 Å². The number of rotatable bonds is 6. The molecule has 5 nitrogen and oxygen atoms in total. The Labute approximate surface area is 187 Å². The third kappa shape index (κ3) is 5.98. The summed E-state index contributed by atoms with van der Waals surface area (Å²) in [6.45, 7) is 11.5. The highest BCUT2D eigenvalue weighted by Crippen LogP contribution is 2.25. The number of hydrogen-bond acceptors (Lipinski definition) is 4. The monoisotopic (exact) mass is 430 g/mol. The van der Waals surface area contributed by atoms with Gasteiger partial charge < -0.3 is 14.7 Å². The molecule has 4 rings (SSSR count). The fourth-order valence-electron chi connectivity index (χ4n) is 5.58. The van der Waals surface area contributed by atoms with Crippen molar-refractivity contribution < 1.29 is 9.18 Å². The van der Waals surface area contributed by atoms with Crippen molar-refractivity contribution in [2.45, 2.75) is 51.5 Å². The number of carbonyl (C=O) groups excluding carboxylic acids is 1. The summed E-state index contributed by atoms with van der Waals surface area (Å²) >= 11 is 0. The first-order valence-corrected chi connectivity index (χ1v) is 12.4. The lowest BCUT2D eigenvalue weighted by Crippen LogP contribution is -2.56. The molecule has 0 aromatic heterocycles. The van der Waals surface area contributed by atoms with Crippen LogP contribution in [0, 0.1) is 11.7 Å². The minimum absolute atomic E-state index is 0.180. The zero-order valence-electron chi connectivity index (χ0n) is 19.1. The van der Waals surface area contributed by atoms with Gasteiger partial charge in [0, 0.05) is 57.4 Å². The molecule has 0 spiro atoms. The second-order valence-electron chi connectivity index (χ2n) is 9.62. The molecule has 6 heteroatoms. The molecule has 0 N–H and O–H groups in total. The van der Waals surface area contributed by atoms with Gasteiger partial charge >= 0.3 is 0 Å². The molecule has 1 amide bonds. The highest BCUT2D eigenvalue weighted by molar-refractivity contribution is 5.76. The standard InChI is InChI=1S/C25H39FN4O/c1-2-11-27-13-9-21(10-14-27)19-25(31)30-12-3-4-24(20-30)29-17-15-28(16-18-29)23-7-5-22(26)6-8-23/h5-8,21,24H,2-4,9-20H2,1H3/t24-/m0/s1. The zero-order chi connectivity index (χ0) is 21.6. The predicted molar refractivity (Wildman–Crippen MR) is 124 cm³/mol. The van der Waals surface area contributed by atoms with Crippen LogP contribution in [0.3, 0.4) is 0 Å². The van der Waals surface area contributed by atoms with Crippen LogP contribution in [-0.4, -0.2) is 85.6 Å². The Hall–Kier alpha value is -1.66. The zero-order valence-corrected chi connectivity index (χ0v) is 19.1. The average Bonchev–Trinajstić information content (AvgIpc) is 2.81. The third-order valence-corrected chi connectivity index (χ3v) is 7.48. The smallest absolute Gasteiger partial charge is 0.222 e. The van der Waals surface area contributed by atoms with Crippen LogP contribution in [-0.2, 0) is 4.79 Å². The maximum Gasteiger partial charge on any atom is 0.222 e. The molecule has 3 aliphatic heterocycles. The van der Waals surface area contributed by atoms with E-state index in [1.54, 1.807) is 12.1 Å². The average molecular weight is 431 g/mol. The maximum absolute atomic E-state index is 13.2. The van der Waals surface area contributed by atoms with Crippen LogP contribution in [0.1, 0.15) is 45.4 Å². The van der Waals surface area contributed by atoms with Crippen molar-refractivity contribution in [2.75, 3.05) is 63.8 Å². The highest BCUT2D eigenvalue weighted by Gasteiger charge is 2.31. The molecule has 1 atom stereocenters. The van der Waals surface area contributed by atoms with Gasteiger partial charge in [-0.05, 0) is 81.9 Å². The number of hydrogen-bond donors (Lipinski definition) is 0. The second-order valence-corrected chi connectivity index (χ2v) is 9.62. The number of anilines is 1. The third-order valence-electron chi connectivity index (χ3n) is 7.48. The van der Waals surface area contributed by atoms with E-state index in [1.165, 1.54) is 32.2 Å². The minimum atomic E-state index is -0.180. The summed E-state index contributed by atoms with van der Waals surface area (Å²) in [6, 6.07) is 7.32. The SMILES string of the molecule is CCCN1CCC(CC(=O)N2CCC[C@H](N3CCN(c4ccc(F)cc4)CC3)C2)CC1. The molecule has 1 aromatic rings. The second kappa shape index (κ2) is 10.8. The van der Waals surface area contributed by atoms with Crippen molar-refractivity contribution in [3.8, 4) is 0 Å². The van der Waals surface area contributed by atoms with E-state index in [1.807, 2.05) is 12.1 Å². The van der Waals surface area contributed by atoms with Crippen molar-refractivity contribution in [3.05, 3.63) is 30.1 Å². The Bertz CT molecular complexity index is 696. The summed E-state index contributed by atoms with van der Waals surface area (Å²) in [5.41, 5.74) is 1.10. The number of benzene rings is 1. The predicted octanol–water partition coefficient (Wildman–Crippen LogP) is 3.45. The van der Waals surface area contributed by atoms with E-state index >= 15 is 0 Å². The minimum Gasteiger partial charge on any atom is -0.369 e. The van der Waals surface area contributed by atoms with Gasteiger partial charge in [0.1, 0.15) is 5.82 Å². The number of amides is 1. The van der Waals surface area contributed by atoms with Crippen LogP contribution >= 0.6 is 0 Å². The first-order valence-electron chi connectivity index (χ1n) is 12.4. The van der Waals surface area contributed by atoms with Gasteiger partial charge in [0.25, 0.3) is 0 Å². The normalized spacial score (nSPS) is 24.5. The van der Waals surface area contributed by atoms with Crippen LogP contribution in [0.4, 0.5) is 10.1 Å². The molecule has 0 radical (unpaired) electrons. The van der Waals surface area contributed by atoms with E-state index < -0.39 is 0 Å². The summed E-state index contributed by atoms with van der Waals surface area (Å²) < 4.78 is 13.2. The number of likely N-dealkylation sites (tertiary alicyclic amines) is 2. The molecular formula is C25H39FN4O. The molecule has 1 aromatic carbocycles. The van der Waals surface area contributed by atoms with E-state index in [0.717, 1.165) is 70.9 Å². The van der Waals surface area contributed by atoms with Gasteiger partial charge in [0.15, 0.2) is 0 Å². The molecule has 3 saturated heterocycles. The van der Waals surface area contributed by atoms with Crippen LogP contribution < -0.4 is 4.90 Å². The lowest BCUT2D eigenvalue weighted by atomic mass is 9.92. The molecule has 0 bridgehead atoms. The van der Waals surface area contributed by atoms with Crippen molar-refractivity contribution >= 4 is 11.6 Å². The first kappa shape index (κ1) is 22.5. The fourth-order valence-corrected chi connectivity index (χ4v) is 5.58. The lowest BCUT2D eigenvalue weighted by molar-refractivity contribution is -0.134. The Morgan fingerprint density at radius 3 is 2.35 bits per heavy atom. The van der Waals surface area contributed by atoms with E-state index in [0.29, 0.717) is 17.9 Å². The molecule has 3 heterocycles. The largest absolute Gasteiger partial charge is 0.369 e. The van der Waals surface area contributed by atoms with E-state index in [2.05, 4.69) is 26.5 Å². The number of piperidine rings is 2. The molecule has 3 fully saturated rings. The van der Waals surface area contributed by atoms with Crippen molar-refractivity contribution in [1.82, 2.24) is 14.7 Å². The van der Waals surface area contributed by atoms with E-state index in [9.17, 15) is 9.18 Å². The van der Waals surface area contributed by atoms with Gasteiger partial charge in [-0.25, -0.2) is 4.39 Å². The highest BCUT2D eigenvalue weighted by atomic mass is 19.1. The van der Waals surface area contributed by atoms with Gasteiger partial charge in [-0.15, -0.1) is 0 Å². The van der Waals surface area contributed by atoms with Gasteiger partial charge in [-0.1, -0.05) is 6.92 Å². The lowest BCUT2D eigenvalue weighted by Gasteiger charge is -2.44. The maximum atomic E-state index is 13.2. The van der Waals surface area contributed by atoms with Gasteiger partial charge in [0.2, 0.25) is 5.91 Å². The van der Waals surface area contributed by atoms with E-state index in [-0.39, 0.29) is 5.82 Å². The topological polar surface area (TPSA) is 30.0 Å². The van der Waals surface area contributed by atoms with Gasteiger partial charge in [0.05, 0.1) is 0 Å². The van der Waals surface area contributed by atoms with Crippen molar-refractivity contribution in [1.29, 1.82) is 0 Å². The van der Waals surface area contributed by atoms with Crippen molar-refractivity contribution in [2.24, 2.45) is 5.92 Å². The summed E-state index contributed by atoms with van der Waals surface area (Å²) in [5.74, 6) is 0.768. The quantitative estimate of drug-likeness (QED) is 0.692. The fraction of sp³-hybridized carbons (Fsp3) is 0.720. The molecular weight excluding hydrogens is 391 g/mol.